The second kappa shape index (κ2) is 11.4. The Bertz CT molecular complexity index is 1110. The number of hydrogen-bond acceptors (Lipinski definition) is 7. The molecule has 1 aliphatic rings. The van der Waals surface area contributed by atoms with E-state index >= 15 is 0 Å². The summed E-state index contributed by atoms with van der Waals surface area (Å²) in [5.41, 5.74) is 5.30. The number of ether oxygens (including phenoxy) is 2. The van der Waals surface area contributed by atoms with Gasteiger partial charge in [0.15, 0.2) is 6.61 Å². The van der Waals surface area contributed by atoms with Crippen molar-refractivity contribution in [3.8, 4) is 0 Å². The summed E-state index contributed by atoms with van der Waals surface area (Å²) in [5, 5.41) is 0. The van der Waals surface area contributed by atoms with Gasteiger partial charge in [-0.25, -0.2) is 13.2 Å². The molecular formula is C22H23N3O7S. The molecule has 33 heavy (non-hydrogen) atoms. The van der Waals surface area contributed by atoms with Gasteiger partial charge in [-0.15, -0.1) is 0 Å². The lowest BCUT2D eigenvalue weighted by molar-refractivity contribution is -0.144. The van der Waals surface area contributed by atoms with Crippen molar-refractivity contribution in [1.82, 2.24) is 15.2 Å². The molecule has 2 amide bonds. The molecular weight excluding hydrogens is 450 g/mol. The van der Waals surface area contributed by atoms with E-state index in [4.69, 9.17) is 9.47 Å². The van der Waals surface area contributed by atoms with Gasteiger partial charge in [0.25, 0.3) is 11.8 Å². The van der Waals surface area contributed by atoms with Crippen LogP contribution >= 0.6 is 0 Å². The van der Waals surface area contributed by atoms with E-state index in [9.17, 15) is 22.8 Å². The van der Waals surface area contributed by atoms with Crippen LogP contribution in [0.25, 0.3) is 6.08 Å². The first kappa shape index (κ1) is 24.1. The number of morpholine rings is 1. The normalized spacial score (nSPS) is 14.5. The molecule has 0 unspecified atom stereocenters. The summed E-state index contributed by atoms with van der Waals surface area (Å²) in [6.45, 7) is 0.743. The average molecular weight is 474 g/mol. The number of esters is 1. The minimum absolute atomic E-state index is 0.151. The molecule has 0 atom stereocenters. The molecule has 174 valence electrons. The van der Waals surface area contributed by atoms with Crippen molar-refractivity contribution >= 4 is 33.9 Å². The highest BCUT2D eigenvalue weighted by Gasteiger charge is 2.25. The van der Waals surface area contributed by atoms with Gasteiger partial charge in [-0.05, 0) is 35.9 Å². The lowest BCUT2D eigenvalue weighted by Gasteiger charge is -2.26. The van der Waals surface area contributed by atoms with E-state index in [2.05, 4.69) is 10.9 Å². The van der Waals surface area contributed by atoms with Crippen LogP contribution in [0.2, 0.25) is 0 Å². The monoisotopic (exact) mass is 473 g/mol. The van der Waals surface area contributed by atoms with Crippen LogP contribution in [0.4, 0.5) is 0 Å². The lowest BCUT2D eigenvalue weighted by Crippen LogP contribution is -2.43. The SMILES string of the molecule is O=C(COC(=O)/C=C/c1ccc(S(=O)(=O)N2CCOCC2)cc1)NNC(=O)c1ccccc1. The largest absolute Gasteiger partial charge is 0.452 e. The number of hydrogen-bond donors (Lipinski definition) is 2. The van der Waals surface area contributed by atoms with E-state index in [1.165, 1.54) is 22.5 Å². The van der Waals surface area contributed by atoms with Gasteiger partial charge >= 0.3 is 5.97 Å². The number of nitrogens with zero attached hydrogens (tertiary/aromatic N) is 1. The predicted molar refractivity (Wildman–Crippen MR) is 118 cm³/mol. The second-order valence-corrected chi connectivity index (χ2v) is 8.83. The second-order valence-electron chi connectivity index (χ2n) is 6.89. The Labute approximate surface area is 191 Å². The van der Waals surface area contributed by atoms with Gasteiger partial charge in [0.05, 0.1) is 18.1 Å². The van der Waals surface area contributed by atoms with Gasteiger partial charge < -0.3 is 9.47 Å². The van der Waals surface area contributed by atoms with Crippen LogP contribution < -0.4 is 10.9 Å². The van der Waals surface area contributed by atoms with Crippen LogP contribution in [0.1, 0.15) is 15.9 Å². The van der Waals surface area contributed by atoms with E-state index in [-0.39, 0.29) is 4.90 Å². The van der Waals surface area contributed by atoms with E-state index in [1.807, 2.05) is 0 Å². The van der Waals surface area contributed by atoms with Crippen LogP contribution in [0.15, 0.2) is 65.6 Å². The van der Waals surface area contributed by atoms with Crippen LogP contribution in [-0.4, -0.2) is 63.4 Å². The minimum Gasteiger partial charge on any atom is -0.452 e. The molecule has 10 nitrogen and oxygen atoms in total. The van der Waals surface area contributed by atoms with Crippen molar-refractivity contribution in [3.05, 3.63) is 71.8 Å². The van der Waals surface area contributed by atoms with E-state index in [1.54, 1.807) is 42.5 Å². The zero-order chi connectivity index (χ0) is 23.7. The zero-order valence-electron chi connectivity index (χ0n) is 17.6. The van der Waals surface area contributed by atoms with Crippen molar-refractivity contribution < 1.29 is 32.3 Å². The number of amides is 2. The predicted octanol–water partition coefficient (Wildman–Crippen LogP) is 0.725. The molecule has 1 fully saturated rings. The van der Waals surface area contributed by atoms with Crippen LogP contribution in [0.5, 0.6) is 0 Å². The van der Waals surface area contributed by atoms with Crippen molar-refractivity contribution in [2.75, 3.05) is 32.9 Å². The van der Waals surface area contributed by atoms with Gasteiger partial charge in [0, 0.05) is 24.7 Å². The molecule has 11 heteroatoms. The molecule has 2 aromatic rings. The molecule has 3 rings (SSSR count). The molecule has 0 spiro atoms. The maximum atomic E-state index is 12.6. The highest BCUT2D eigenvalue weighted by molar-refractivity contribution is 7.89. The molecule has 0 aliphatic carbocycles. The lowest BCUT2D eigenvalue weighted by atomic mass is 10.2. The Balaban J connectivity index is 1.44. The fourth-order valence-electron chi connectivity index (χ4n) is 2.86. The molecule has 1 heterocycles. The van der Waals surface area contributed by atoms with Crippen molar-refractivity contribution in [3.63, 3.8) is 0 Å². The summed E-state index contributed by atoms with van der Waals surface area (Å²) in [6.07, 6.45) is 2.55. The number of sulfonamides is 1. The average Bonchev–Trinajstić information content (AvgIpc) is 2.86. The van der Waals surface area contributed by atoms with Gasteiger partial charge in [-0.2, -0.15) is 4.31 Å². The van der Waals surface area contributed by atoms with Crippen molar-refractivity contribution in [2.24, 2.45) is 0 Å². The molecule has 0 aromatic heterocycles. The van der Waals surface area contributed by atoms with Crippen molar-refractivity contribution in [2.45, 2.75) is 4.90 Å². The quantitative estimate of drug-likeness (QED) is 0.344. The van der Waals surface area contributed by atoms with E-state index < -0.39 is 34.4 Å². The molecule has 2 N–H and O–H groups in total. The minimum atomic E-state index is -3.59. The number of nitrogens with one attached hydrogen (secondary N) is 2. The molecule has 0 saturated carbocycles. The molecule has 1 aliphatic heterocycles. The Hall–Kier alpha value is -3.54. The Kier molecular flexibility index (Phi) is 8.30. The third kappa shape index (κ3) is 6.97. The molecule has 0 bridgehead atoms. The van der Waals surface area contributed by atoms with Gasteiger partial charge in [-0.1, -0.05) is 30.3 Å². The topological polar surface area (TPSA) is 131 Å². The zero-order valence-corrected chi connectivity index (χ0v) is 18.4. The number of rotatable bonds is 7. The maximum Gasteiger partial charge on any atom is 0.331 e. The van der Waals surface area contributed by atoms with Crippen LogP contribution in [0.3, 0.4) is 0 Å². The number of benzene rings is 2. The van der Waals surface area contributed by atoms with Crippen LogP contribution in [-0.2, 0) is 29.1 Å². The summed E-state index contributed by atoms with van der Waals surface area (Å²) in [6, 6.07) is 14.3. The first-order valence-corrected chi connectivity index (χ1v) is 11.5. The van der Waals surface area contributed by atoms with E-state index in [0.29, 0.717) is 37.4 Å². The highest BCUT2D eigenvalue weighted by Crippen LogP contribution is 2.18. The summed E-state index contributed by atoms with van der Waals surface area (Å²) >= 11 is 0. The number of carbonyl (C=O) groups is 3. The summed E-state index contributed by atoms with van der Waals surface area (Å²) < 4.78 is 36.6. The fourth-order valence-corrected chi connectivity index (χ4v) is 4.27. The van der Waals surface area contributed by atoms with Crippen molar-refractivity contribution in [1.29, 1.82) is 0 Å². The first-order valence-electron chi connectivity index (χ1n) is 10.0. The fraction of sp³-hybridized carbons (Fsp3) is 0.227. The smallest absolute Gasteiger partial charge is 0.331 e. The summed E-state index contributed by atoms with van der Waals surface area (Å²) in [5.74, 6) is -1.99. The number of hydrazine groups is 1. The number of carbonyl (C=O) groups excluding carboxylic acids is 3. The van der Waals surface area contributed by atoms with Gasteiger partial charge in [0.1, 0.15) is 0 Å². The third-order valence-corrected chi connectivity index (χ3v) is 6.51. The first-order chi connectivity index (χ1) is 15.9. The molecule has 1 saturated heterocycles. The Morgan fingerprint density at radius 1 is 0.970 bits per heavy atom. The molecule has 0 radical (unpaired) electrons. The molecule has 2 aromatic carbocycles. The Morgan fingerprint density at radius 3 is 2.30 bits per heavy atom. The van der Waals surface area contributed by atoms with Crippen LogP contribution in [0, 0.1) is 0 Å². The standard InChI is InChI=1S/C22H23N3O7S/c26-20(23-24-22(28)18-4-2-1-3-5-18)16-32-21(27)11-8-17-6-9-19(10-7-17)33(29,30)25-12-14-31-15-13-25/h1-11H,12-16H2,(H,23,26)(H,24,28)/b11-8+. The van der Waals surface area contributed by atoms with Gasteiger partial charge in [0.2, 0.25) is 10.0 Å². The third-order valence-electron chi connectivity index (χ3n) is 4.60. The maximum absolute atomic E-state index is 12.6. The highest BCUT2D eigenvalue weighted by atomic mass is 32.2. The summed E-state index contributed by atoms with van der Waals surface area (Å²) in [4.78, 5) is 35.5. The van der Waals surface area contributed by atoms with Gasteiger partial charge in [-0.3, -0.25) is 20.4 Å². The summed E-state index contributed by atoms with van der Waals surface area (Å²) in [7, 11) is -3.59. The van der Waals surface area contributed by atoms with E-state index in [0.717, 1.165) is 6.08 Å². The Morgan fingerprint density at radius 2 is 1.64 bits per heavy atom.